The van der Waals surface area contributed by atoms with Crippen molar-refractivity contribution in [1.29, 1.82) is 0 Å². The molecule has 1 amide bonds. The van der Waals surface area contributed by atoms with Crippen LogP contribution in [0.4, 0.5) is 0 Å². The van der Waals surface area contributed by atoms with E-state index in [4.69, 9.17) is 4.74 Å². The number of piperidine rings is 1. The summed E-state index contributed by atoms with van der Waals surface area (Å²) < 4.78 is 5.99. The Balaban J connectivity index is 2.07. The zero-order valence-electron chi connectivity index (χ0n) is 14.6. The lowest BCUT2D eigenvalue weighted by molar-refractivity contribution is -0.142. The van der Waals surface area contributed by atoms with Crippen LogP contribution in [-0.4, -0.2) is 30.0 Å². The molecule has 0 spiro atoms. The van der Waals surface area contributed by atoms with Gasteiger partial charge in [0.05, 0.1) is 0 Å². The quantitative estimate of drug-likeness (QED) is 0.837. The van der Waals surface area contributed by atoms with Crippen LogP contribution in [0, 0.1) is 19.3 Å². The van der Waals surface area contributed by atoms with E-state index in [9.17, 15) is 4.79 Å². The highest BCUT2D eigenvalue weighted by molar-refractivity contribution is 5.81. The van der Waals surface area contributed by atoms with Gasteiger partial charge >= 0.3 is 0 Å². The van der Waals surface area contributed by atoms with Gasteiger partial charge in [-0.1, -0.05) is 26.8 Å². The topological polar surface area (TPSA) is 29.5 Å². The first-order chi connectivity index (χ1) is 10.3. The molecule has 122 valence electrons. The molecule has 0 N–H and O–H groups in total. The SMILES string of the molecule is CC[C@H](Oc1ccc(C)c(C)c1)C(=O)N1CCCC(C)(C)C1. The molecule has 3 heteroatoms. The lowest BCUT2D eigenvalue weighted by atomic mass is 9.84. The number of nitrogens with zero attached hydrogens (tertiary/aromatic N) is 1. The number of aryl methyl sites for hydroxylation is 2. The van der Waals surface area contributed by atoms with Crippen LogP contribution in [0.3, 0.4) is 0 Å². The molecule has 1 heterocycles. The summed E-state index contributed by atoms with van der Waals surface area (Å²) in [5.41, 5.74) is 2.65. The summed E-state index contributed by atoms with van der Waals surface area (Å²) in [6, 6.07) is 6.02. The third kappa shape index (κ3) is 4.02. The number of carbonyl (C=O) groups is 1. The summed E-state index contributed by atoms with van der Waals surface area (Å²) in [5, 5.41) is 0. The molecule has 1 saturated heterocycles. The molecule has 1 aliphatic rings. The van der Waals surface area contributed by atoms with Crippen LogP contribution >= 0.6 is 0 Å². The van der Waals surface area contributed by atoms with Crippen molar-refractivity contribution >= 4 is 5.91 Å². The van der Waals surface area contributed by atoms with E-state index in [0.29, 0.717) is 6.42 Å². The molecule has 0 saturated carbocycles. The highest BCUT2D eigenvalue weighted by Crippen LogP contribution is 2.29. The number of likely N-dealkylation sites (tertiary alicyclic amines) is 1. The van der Waals surface area contributed by atoms with Crippen molar-refractivity contribution in [2.45, 2.75) is 60.0 Å². The van der Waals surface area contributed by atoms with Crippen LogP contribution < -0.4 is 4.74 Å². The predicted octanol–water partition coefficient (Wildman–Crippen LogP) is 4.11. The van der Waals surface area contributed by atoms with E-state index in [1.807, 2.05) is 30.0 Å². The summed E-state index contributed by atoms with van der Waals surface area (Å²) in [6.07, 6.45) is 2.59. The summed E-state index contributed by atoms with van der Waals surface area (Å²) in [7, 11) is 0. The van der Waals surface area contributed by atoms with Crippen molar-refractivity contribution in [2.24, 2.45) is 5.41 Å². The molecular weight excluding hydrogens is 274 g/mol. The highest BCUT2D eigenvalue weighted by atomic mass is 16.5. The fourth-order valence-electron chi connectivity index (χ4n) is 3.07. The molecule has 1 fully saturated rings. The third-order valence-electron chi connectivity index (χ3n) is 4.62. The molecule has 1 aliphatic heterocycles. The first-order valence-corrected chi connectivity index (χ1v) is 8.35. The van der Waals surface area contributed by atoms with E-state index >= 15 is 0 Å². The molecule has 0 bridgehead atoms. The molecule has 2 rings (SSSR count). The van der Waals surface area contributed by atoms with Gasteiger partial charge in [0.1, 0.15) is 5.75 Å². The smallest absolute Gasteiger partial charge is 0.263 e. The Morgan fingerprint density at radius 2 is 2.05 bits per heavy atom. The van der Waals surface area contributed by atoms with E-state index in [2.05, 4.69) is 27.7 Å². The van der Waals surface area contributed by atoms with E-state index in [-0.39, 0.29) is 17.4 Å². The number of hydrogen-bond donors (Lipinski definition) is 0. The largest absolute Gasteiger partial charge is 0.481 e. The number of ether oxygens (including phenoxy) is 1. The summed E-state index contributed by atoms with van der Waals surface area (Å²) in [6.45, 7) is 12.3. The summed E-state index contributed by atoms with van der Waals surface area (Å²) in [4.78, 5) is 14.8. The first kappa shape index (κ1) is 16.9. The lowest BCUT2D eigenvalue weighted by Gasteiger charge is -2.39. The van der Waals surface area contributed by atoms with E-state index in [0.717, 1.165) is 25.3 Å². The number of hydrogen-bond acceptors (Lipinski definition) is 2. The summed E-state index contributed by atoms with van der Waals surface area (Å²) in [5.74, 6) is 0.924. The molecule has 0 radical (unpaired) electrons. The van der Waals surface area contributed by atoms with Crippen molar-refractivity contribution < 1.29 is 9.53 Å². The molecule has 1 aromatic carbocycles. The van der Waals surface area contributed by atoms with Gasteiger partial charge in [-0.3, -0.25) is 4.79 Å². The Kier molecular flexibility index (Phi) is 5.15. The fraction of sp³-hybridized carbons (Fsp3) is 0.632. The Labute approximate surface area is 134 Å². The van der Waals surface area contributed by atoms with E-state index in [1.54, 1.807) is 0 Å². The first-order valence-electron chi connectivity index (χ1n) is 8.35. The Morgan fingerprint density at radius 3 is 2.64 bits per heavy atom. The molecule has 1 aromatic rings. The molecule has 0 aliphatic carbocycles. The molecule has 0 unspecified atom stereocenters. The van der Waals surface area contributed by atoms with Crippen molar-refractivity contribution in [3.05, 3.63) is 29.3 Å². The van der Waals surface area contributed by atoms with E-state index in [1.165, 1.54) is 17.5 Å². The Morgan fingerprint density at radius 1 is 1.32 bits per heavy atom. The van der Waals surface area contributed by atoms with Gasteiger partial charge < -0.3 is 9.64 Å². The number of amides is 1. The second-order valence-corrected chi connectivity index (χ2v) is 7.29. The maximum absolute atomic E-state index is 12.8. The average Bonchev–Trinajstić information content (AvgIpc) is 2.46. The minimum atomic E-state index is -0.379. The van der Waals surface area contributed by atoms with Gasteiger partial charge in [0.15, 0.2) is 6.10 Å². The predicted molar refractivity (Wildman–Crippen MR) is 90.2 cm³/mol. The maximum atomic E-state index is 12.8. The molecule has 1 atom stereocenters. The standard InChI is InChI=1S/C19H29NO2/c1-6-17(22-16-9-8-14(2)15(3)12-16)18(21)20-11-7-10-19(4,5)13-20/h8-9,12,17H,6-7,10-11,13H2,1-5H3/t17-/m0/s1. The van der Waals surface area contributed by atoms with Crippen LogP contribution in [0.2, 0.25) is 0 Å². The lowest BCUT2D eigenvalue weighted by Crippen LogP contribution is -2.48. The monoisotopic (exact) mass is 303 g/mol. The van der Waals surface area contributed by atoms with Crippen LogP contribution in [0.5, 0.6) is 5.75 Å². The number of carbonyl (C=O) groups excluding carboxylic acids is 1. The minimum absolute atomic E-state index is 0.133. The zero-order valence-corrected chi connectivity index (χ0v) is 14.6. The second kappa shape index (κ2) is 6.72. The van der Waals surface area contributed by atoms with Gasteiger partial charge in [0.2, 0.25) is 0 Å². The molecule has 22 heavy (non-hydrogen) atoms. The molecular formula is C19H29NO2. The van der Waals surface area contributed by atoms with Crippen LogP contribution in [0.25, 0.3) is 0 Å². The van der Waals surface area contributed by atoms with Crippen molar-refractivity contribution in [1.82, 2.24) is 4.90 Å². The third-order valence-corrected chi connectivity index (χ3v) is 4.62. The minimum Gasteiger partial charge on any atom is -0.481 e. The zero-order chi connectivity index (χ0) is 16.3. The van der Waals surface area contributed by atoms with Gasteiger partial charge in [-0.15, -0.1) is 0 Å². The van der Waals surface area contributed by atoms with Gasteiger partial charge in [0.25, 0.3) is 5.91 Å². The van der Waals surface area contributed by atoms with Gasteiger partial charge in [-0.2, -0.15) is 0 Å². The van der Waals surface area contributed by atoms with Gasteiger partial charge in [-0.05, 0) is 61.8 Å². The van der Waals surface area contributed by atoms with E-state index < -0.39 is 0 Å². The fourth-order valence-corrected chi connectivity index (χ4v) is 3.07. The van der Waals surface area contributed by atoms with Gasteiger partial charge in [0, 0.05) is 13.1 Å². The number of rotatable bonds is 4. The van der Waals surface area contributed by atoms with Crippen molar-refractivity contribution in [3.8, 4) is 5.75 Å². The summed E-state index contributed by atoms with van der Waals surface area (Å²) >= 11 is 0. The Bertz CT molecular complexity index is 536. The van der Waals surface area contributed by atoms with Crippen molar-refractivity contribution in [3.63, 3.8) is 0 Å². The normalized spacial score (nSPS) is 18.9. The number of benzene rings is 1. The molecule has 3 nitrogen and oxygen atoms in total. The van der Waals surface area contributed by atoms with Gasteiger partial charge in [-0.25, -0.2) is 0 Å². The van der Waals surface area contributed by atoms with Crippen LogP contribution in [0.15, 0.2) is 18.2 Å². The maximum Gasteiger partial charge on any atom is 0.263 e. The van der Waals surface area contributed by atoms with Crippen LogP contribution in [0.1, 0.15) is 51.2 Å². The Hall–Kier alpha value is -1.51. The highest BCUT2D eigenvalue weighted by Gasteiger charge is 2.32. The van der Waals surface area contributed by atoms with Crippen LogP contribution in [-0.2, 0) is 4.79 Å². The molecule has 0 aromatic heterocycles. The second-order valence-electron chi connectivity index (χ2n) is 7.29. The van der Waals surface area contributed by atoms with Crippen molar-refractivity contribution in [2.75, 3.05) is 13.1 Å². The average molecular weight is 303 g/mol.